The molecule has 51 heavy (non-hydrogen) atoms. The molecular weight excluding hydrogens is 637 g/mol. The minimum Gasteiger partial charge on any atom is -0.309 e. The number of hydrogen-bond acceptors (Lipinski definition) is 1. The third kappa shape index (κ3) is 4.29. The number of thiophene rings is 1. The van der Waals surface area contributed by atoms with Crippen LogP contribution in [0.1, 0.15) is 0 Å². The van der Waals surface area contributed by atoms with Crippen LogP contribution in [-0.2, 0) is 0 Å². The monoisotopic (exact) mass is 666 g/mol. The quantitative estimate of drug-likeness (QED) is 0.177. The molecule has 3 heteroatoms. The molecule has 0 aliphatic carbocycles. The maximum absolute atomic E-state index is 2.45. The van der Waals surface area contributed by atoms with Crippen LogP contribution in [0.4, 0.5) is 0 Å². The van der Waals surface area contributed by atoms with Gasteiger partial charge in [0, 0.05) is 53.1 Å². The highest BCUT2D eigenvalue weighted by Gasteiger charge is 2.20. The standard InChI is InChI=1S/C48H30N2S/c1-3-11-31(12-4-1)33-19-22-35(23-20-33)49-44-26-24-36(50-42-17-9-7-15-37(42)38-16-8-10-18-43(38)50)30-41(44)47-45(49)27-25-39-40-29-34(32-13-5-2-6-14-32)21-28-46(40)51-48(39)47/h1-30H. The summed E-state index contributed by atoms with van der Waals surface area (Å²) in [5.74, 6) is 0. The van der Waals surface area contributed by atoms with E-state index in [1.165, 1.54) is 91.7 Å². The summed E-state index contributed by atoms with van der Waals surface area (Å²) in [5.41, 5.74) is 12.1. The Hall–Kier alpha value is -6.42. The zero-order chi connectivity index (χ0) is 33.5. The fourth-order valence-electron chi connectivity index (χ4n) is 8.19. The van der Waals surface area contributed by atoms with Crippen molar-refractivity contribution in [2.75, 3.05) is 0 Å². The Bertz CT molecular complexity index is 3050. The maximum Gasteiger partial charge on any atom is 0.0555 e. The van der Waals surface area contributed by atoms with Crippen LogP contribution in [0.15, 0.2) is 182 Å². The zero-order valence-corrected chi connectivity index (χ0v) is 28.4. The maximum atomic E-state index is 2.45. The Morgan fingerprint density at radius 1 is 0.314 bits per heavy atom. The smallest absolute Gasteiger partial charge is 0.0555 e. The van der Waals surface area contributed by atoms with Crippen molar-refractivity contribution in [3.63, 3.8) is 0 Å². The van der Waals surface area contributed by atoms with Crippen LogP contribution < -0.4 is 0 Å². The van der Waals surface area contributed by atoms with Crippen LogP contribution in [0.3, 0.4) is 0 Å². The Kier molecular flexibility index (Phi) is 6.16. The van der Waals surface area contributed by atoms with E-state index < -0.39 is 0 Å². The van der Waals surface area contributed by atoms with Gasteiger partial charge in [-0.05, 0) is 82.9 Å². The number of hydrogen-bond donors (Lipinski definition) is 0. The van der Waals surface area contributed by atoms with Crippen LogP contribution in [0.2, 0.25) is 0 Å². The van der Waals surface area contributed by atoms with E-state index in [0.717, 1.165) is 5.69 Å². The van der Waals surface area contributed by atoms with E-state index in [1.807, 2.05) is 11.3 Å². The first-order valence-corrected chi connectivity index (χ1v) is 18.3. The number of para-hydroxylation sites is 2. The fraction of sp³-hybridized carbons (Fsp3) is 0. The molecule has 0 bridgehead atoms. The van der Waals surface area contributed by atoms with Gasteiger partial charge in [-0.25, -0.2) is 0 Å². The topological polar surface area (TPSA) is 9.86 Å². The molecule has 2 nitrogen and oxygen atoms in total. The molecule has 0 saturated heterocycles. The van der Waals surface area contributed by atoms with Crippen LogP contribution in [0.25, 0.3) is 97.4 Å². The van der Waals surface area contributed by atoms with Crippen molar-refractivity contribution in [1.82, 2.24) is 9.13 Å². The molecule has 3 aromatic heterocycles. The minimum absolute atomic E-state index is 1.16. The Labute approximate surface area is 298 Å². The molecule has 0 atom stereocenters. The lowest BCUT2D eigenvalue weighted by atomic mass is 10.0. The van der Waals surface area contributed by atoms with E-state index >= 15 is 0 Å². The summed E-state index contributed by atoms with van der Waals surface area (Å²) in [4.78, 5) is 0. The van der Waals surface area contributed by atoms with Crippen molar-refractivity contribution in [3.05, 3.63) is 182 Å². The first-order chi connectivity index (χ1) is 25.3. The lowest BCUT2D eigenvalue weighted by molar-refractivity contribution is 1.17. The van der Waals surface area contributed by atoms with Gasteiger partial charge >= 0.3 is 0 Å². The normalized spacial score (nSPS) is 11.9. The minimum atomic E-state index is 1.16. The van der Waals surface area contributed by atoms with Crippen molar-refractivity contribution in [3.8, 4) is 33.6 Å². The highest BCUT2D eigenvalue weighted by Crippen LogP contribution is 2.45. The average Bonchev–Trinajstić information content (AvgIpc) is 3.86. The Morgan fingerprint density at radius 3 is 1.55 bits per heavy atom. The van der Waals surface area contributed by atoms with Gasteiger partial charge in [-0.15, -0.1) is 11.3 Å². The molecular formula is C48H30N2S. The number of benzene rings is 8. The molecule has 0 spiro atoms. The molecule has 11 rings (SSSR count). The predicted molar refractivity (Wildman–Crippen MR) is 219 cm³/mol. The summed E-state index contributed by atoms with van der Waals surface area (Å²) in [6, 6.07) is 66.5. The van der Waals surface area contributed by atoms with E-state index in [2.05, 4.69) is 191 Å². The summed E-state index contributed by atoms with van der Waals surface area (Å²) >= 11 is 1.91. The second-order valence-corrected chi connectivity index (χ2v) is 14.4. The van der Waals surface area contributed by atoms with Gasteiger partial charge in [0.2, 0.25) is 0 Å². The average molecular weight is 667 g/mol. The van der Waals surface area contributed by atoms with Gasteiger partial charge in [-0.3, -0.25) is 0 Å². The van der Waals surface area contributed by atoms with Gasteiger partial charge in [0.15, 0.2) is 0 Å². The molecule has 0 aliphatic rings. The number of nitrogens with zero attached hydrogens (tertiary/aromatic N) is 2. The molecule has 0 N–H and O–H groups in total. The van der Waals surface area contributed by atoms with Crippen LogP contribution in [-0.4, -0.2) is 9.13 Å². The lowest BCUT2D eigenvalue weighted by Gasteiger charge is -2.11. The molecule has 0 fully saturated rings. The van der Waals surface area contributed by atoms with E-state index in [0.29, 0.717) is 0 Å². The van der Waals surface area contributed by atoms with Gasteiger partial charge in [0.1, 0.15) is 0 Å². The Balaban J connectivity index is 1.21. The van der Waals surface area contributed by atoms with E-state index in [9.17, 15) is 0 Å². The van der Waals surface area contributed by atoms with Gasteiger partial charge < -0.3 is 9.13 Å². The number of fused-ring (bicyclic) bond motifs is 10. The summed E-state index contributed by atoms with van der Waals surface area (Å²) in [7, 11) is 0. The molecule has 11 aromatic rings. The van der Waals surface area contributed by atoms with Gasteiger partial charge in [-0.2, -0.15) is 0 Å². The summed E-state index contributed by atoms with van der Waals surface area (Å²) < 4.78 is 7.52. The molecule has 0 unspecified atom stereocenters. The molecule has 0 amide bonds. The van der Waals surface area contributed by atoms with E-state index in [1.54, 1.807) is 0 Å². The Morgan fingerprint density at radius 2 is 0.843 bits per heavy atom. The second-order valence-electron chi connectivity index (χ2n) is 13.3. The summed E-state index contributed by atoms with van der Waals surface area (Å²) in [6.07, 6.45) is 0. The van der Waals surface area contributed by atoms with E-state index in [4.69, 9.17) is 0 Å². The van der Waals surface area contributed by atoms with Crippen molar-refractivity contribution in [2.24, 2.45) is 0 Å². The van der Waals surface area contributed by atoms with Crippen molar-refractivity contribution in [1.29, 1.82) is 0 Å². The molecule has 0 saturated carbocycles. The first kappa shape index (κ1) is 28.4. The van der Waals surface area contributed by atoms with Crippen LogP contribution in [0.5, 0.6) is 0 Å². The molecule has 3 heterocycles. The van der Waals surface area contributed by atoms with Gasteiger partial charge in [0.05, 0.1) is 22.1 Å². The first-order valence-electron chi connectivity index (χ1n) is 17.4. The third-order valence-corrected chi connectivity index (χ3v) is 11.7. The highest BCUT2D eigenvalue weighted by atomic mass is 32.1. The van der Waals surface area contributed by atoms with Crippen molar-refractivity contribution < 1.29 is 0 Å². The third-order valence-electron chi connectivity index (χ3n) is 10.5. The number of aromatic nitrogens is 2. The lowest BCUT2D eigenvalue weighted by Crippen LogP contribution is -1.95. The summed E-state index contributed by atoms with van der Waals surface area (Å²) in [5, 5.41) is 7.73. The molecule has 8 aromatic carbocycles. The highest BCUT2D eigenvalue weighted by molar-refractivity contribution is 7.26. The SMILES string of the molecule is c1ccc(-c2ccc(-n3c4ccc(-n5c6ccccc6c6ccccc65)cc4c4c5sc6ccc(-c7ccccc7)cc6c5ccc43)cc2)cc1. The van der Waals surface area contributed by atoms with Crippen LogP contribution in [0, 0.1) is 0 Å². The van der Waals surface area contributed by atoms with Gasteiger partial charge in [0.25, 0.3) is 0 Å². The predicted octanol–water partition coefficient (Wildman–Crippen LogP) is 13.6. The van der Waals surface area contributed by atoms with Gasteiger partial charge in [-0.1, -0.05) is 121 Å². The van der Waals surface area contributed by atoms with E-state index in [-0.39, 0.29) is 0 Å². The van der Waals surface area contributed by atoms with Crippen LogP contribution >= 0.6 is 11.3 Å². The number of rotatable bonds is 4. The molecule has 0 aliphatic heterocycles. The molecule has 0 radical (unpaired) electrons. The van der Waals surface area contributed by atoms with Crippen molar-refractivity contribution in [2.45, 2.75) is 0 Å². The zero-order valence-electron chi connectivity index (χ0n) is 27.6. The largest absolute Gasteiger partial charge is 0.309 e. The fourth-order valence-corrected chi connectivity index (χ4v) is 9.43. The molecule has 238 valence electrons. The summed E-state index contributed by atoms with van der Waals surface area (Å²) in [6.45, 7) is 0. The second kappa shape index (κ2) is 11.0. The van der Waals surface area contributed by atoms with Crippen molar-refractivity contribution >= 4 is 75.1 Å².